The summed E-state index contributed by atoms with van der Waals surface area (Å²) < 4.78 is 33.8. The molecular formula is C24H22N2O3S. The van der Waals surface area contributed by atoms with Crippen molar-refractivity contribution in [2.24, 2.45) is 0 Å². The number of rotatable bonds is 6. The van der Waals surface area contributed by atoms with E-state index >= 15 is 0 Å². The van der Waals surface area contributed by atoms with Gasteiger partial charge in [0, 0.05) is 16.7 Å². The van der Waals surface area contributed by atoms with Gasteiger partial charge in [-0.25, -0.2) is 9.97 Å². The van der Waals surface area contributed by atoms with E-state index in [0.29, 0.717) is 28.7 Å². The quantitative estimate of drug-likeness (QED) is 0.415. The van der Waals surface area contributed by atoms with E-state index in [-0.39, 0.29) is 4.90 Å². The SMILES string of the molecule is CCCCc1c(S(=O)(=O)O)ccc2nc(-c3ccccc3)c(-c3ccccc3)nc12. The van der Waals surface area contributed by atoms with Crippen LogP contribution in [0.1, 0.15) is 25.3 Å². The third kappa shape index (κ3) is 3.97. The van der Waals surface area contributed by atoms with Gasteiger partial charge in [-0.3, -0.25) is 4.55 Å². The van der Waals surface area contributed by atoms with Crippen LogP contribution in [0.5, 0.6) is 0 Å². The molecule has 0 aliphatic heterocycles. The predicted molar refractivity (Wildman–Crippen MR) is 119 cm³/mol. The molecule has 0 aliphatic rings. The van der Waals surface area contributed by atoms with Gasteiger partial charge in [0.25, 0.3) is 10.1 Å². The summed E-state index contributed by atoms with van der Waals surface area (Å²) in [6, 6.07) is 22.6. The first-order valence-electron chi connectivity index (χ1n) is 9.91. The molecule has 6 heteroatoms. The summed E-state index contributed by atoms with van der Waals surface area (Å²) in [5.74, 6) is 0. The highest BCUT2D eigenvalue weighted by atomic mass is 32.2. The summed E-state index contributed by atoms with van der Waals surface area (Å²) in [5.41, 5.74) is 4.87. The molecule has 1 heterocycles. The lowest BCUT2D eigenvalue weighted by Crippen LogP contribution is -2.06. The van der Waals surface area contributed by atoms with Crippen LogP contribution < -0.4 is 0 Å². The van der Waals surface area contributed by atoms with Crippen molar-refractivity contribution in [1.29, 1.82) is 0 Å². The first-order valence-corrected chi connectivity index (χ1v) is 11.3. The zero-order valence-corrected chi connectivity index (χ0v) is 17.4. The average molecular weight is 419 g/mol. The minimum absolute atomic E-state index is 0.0933. The van der Waals surface area contributed by atoms with E-state index in [4.69, 9.17) is 9.97 Å². The third-order valence-corrected chi connectivity index (χ3v) is 5.99. The minimum atomic E-state index is -4.36. The van der Waals surface area contributed by atoms with Crippen molar-refractivity contribution in [3.63, 3.8) is 0 Å². The molecule has 3 aromatic carbocycles. The minimum Gasteiger partial charge on any atom is -0.282 e. The lowest BCUT2D eigenvalue weighted by molar-refractivity contribution is 0.482. The second-order valence-corrected chi connectivity index (χ2v) is 8.53. The average Bonchev–Trinajstić information content (AvgIpc) is 2.77. The van der Waals surface area contributed by atoms with Crippen LogP contribution in [0, 0.1) is 0 Å². The van der Waals surface area contributed by atoms with Crippen LogP contribution >= 0.6 is 0 Å². The van der Waals surface area contributed by atoms with Gasteiger partial charge in [0.2, 0.25) is 0 Å². The molecule has 4 aromatic rings. The number of nitrogens with zero attached hydrogens (tertiary/aromatic N) is 2. The van der Waals surface area contributed by atoms with E-state index in [2.05, 4.69) is 0 Å². The van der Waals surface area contributed by atoms with Crippen molar-refractivity contribution in [2.45, 2.75) is 31.1 Å². The largest absolute Gasteiger partial charge is 0.294 e. The van der Waals surface area contributed by atoms with Crippen LogP contribution in [0.2, 0.25) is 0 Å². The molecule has 152 valence electrons. The Hall–Kier alpha value is -3.09. The van der Waals surface area contributed by atoms with E-state index < -0.39 is 10.1 Å². The molecule has 4 rings (SSSR count). The van der Waals surface area contributed by atoms with Gasteiger partial charge < -0.3 is 0 Å². The van der Waals surface area contributed by atoms with Crippen LogP contribution in [0.15, 0.2) is 77.7 Å². The predicted octanol–water partition coefficient (Wildman–Crippen LogP) is 5.55. The Morgan fingerprint density at radius 2 is 1.37 bits per heavy atom. The third-order valence-electron chi connectivity index (χ3n) is 5.05. The summed E-state index contributed by atoms with van der Waals surface area (Å²) >= 11 is 0. The standard InChI is InChI=1S/C24H22N2O3S/c1-2-3-14-19-21(30(27,28)29)16-15-20-24(19)26-23(18-12-8-5-9-13-18)22(25-20)17-10-6-4-7-11-17/h4-13,15-16H,2-3,14H2,1H3,(H,27,28,29). The first kappa shape index (κ1) is 20.2. The van der Waals surface area contributed by atoms with Gasteiger partial charge in [0.1, 0.15) is 0 Å². The highest BCUT2D eigenvalue weighted by molar-refractivity contribution is 7.85. The van der Waals surface area contributed by atoms with Crippen molar-refractivity contribution in [1.82, 2.24) is 9.97 Å². The van der Waals surface area contributed by atoms with Gasteiger partial charge in [-0.1, -0.05) is 74.0 Å². The fourth-order valence-corrected chi connectivity index (χ4v) is 4.34. The van der Waals surface area contributed by atoms with Crippen molar-refractivity contribution >= 4 is 21.2 Å². The summed E-state index contributed by atoms with van der Waals surface area (Å²) in [5, 5.41) is 0. The lowest BCUT2D eigenvalue weighted by Gasteiger charge is -2.14. The second-order valence-electron chi connectivity index (χ2n) is 7.14. The van der Waals surface area contributed by atoms with E-state index in [9.17, 15) is 13.0 Å². The number of hydrogen-bond donors (Lipinski definition) is 1. The van der Waals surface area contributed by atoms with E-state index in [1.165, 1.54) is 6.07 Å². The molecule has 1 N–H and O–H groups in total. The number of fused-ring (bicyclic) bond motifs is 1. The van der Waals surface area contributed by atoms with Crippen molar-refractivity contribution in [3.05, 3.63) is 78.4 Å². The Morgan fingerprint density at radius 3 is 1.90 bits per heavy atom. The molecule has 0 radical (unpaired) electrons. The molecule has 5 nitrogen and oxygen atoms in total. The fourth-order valence-electron chi connectivity index (χ4n) is 3.59. The molecule has 0 saturated heterocycles. The smallest absolute Gasteiger partial charge is 0.282 e. The van der Waals surface area contributed by atoms with Crippen LogP contribution in [0.25, 0.3) is 33.5 Å². The van der Waals surface area contributed by atoms with Crippen LogP contribution in [-0.2, 0) is 16.5 Å². The maximum atomic E-state index is 12.0. The van der Waals surface area contributed by atoms with Crippen LogP contribution in [0.3, 0.4) is 0 Å². The summed E-state index contributed by atoms with van der Waals surface area (Å²) in [6.07, 6.45) is 2.17. The van der Waals surface area contributed by atoms with Gasteiger partial charge in [-0.05, 0) is 25.0 Å². The van der Waals surface area contributed by atoms with E-state index in [0.717, 1.165) is 29.7 Å². The van der Waals surface area contributed by atoms with Gasteiger partial charge in [0.05, 0.1) is 27.3 Å². The summed E-state index contributed by atoms with van der Waals surface area (Å²) in [6.45, 7) is 2.03. The van der Waals surface area contributed by atoms with Crippen LogP contribution in [0.4, 0.5) is 0 Å². The molecule has 1 aromatic heterocycles. The summed E-state index contributed by atoms with van der Waals surface area (Å²) in [7, 11) is -4.36. The Bertz CT molecular complexity index is 1290. The molecular weight excluding hydrogens is 396 g/mol. The molecule has 0 fully saturated rings. The Balaban J connectivity index is 2.07. The number of benzene rings is 3. The molecule has 0 atom stereocenters. The Morgan fingerprint density at radius 1 is 0.800 bits per heavy atom. The van der Waals surface area contributed by atoms with Crippen molar-refractivity contribution in [3.8, 4) is 22.5 Å². The zero-order valence-electron chi connectivity index (χ0n) is 16.6. The molecule has 0 saturated carbocycles. The molecule has 0 unspecified atom stereocenters. The number of hydrogen-bond acceptors (Lipinski definition) is 4. The maximum absolute atomic E-state index is 12.0. The molecule has 0 amide bonds. The highest BCUT2D eigenvalue weighted by Gasteiger charge is 2.21. The zero-order chi connectivity index (χ0) is 21.1. The highest BCUT2D eigenvalue weighted by Crippen LogP contribution is 2.33. The molecule has 30 heavy (non-hydrogen) atoms. The fraction of sp³-hybridized carbons (Fsp3) is 0.167. The normalized spacial score (nSPS) is 11.7. The second kappa shape index (κ2) is 8.34. The van der Waals surface area contributed by atoms with Crippen LogP contribution in [-0.4, -0.2) is 22.9 Å². The van der Waals surface area contributed by atoms with Crippen molar-refractivity contribution < 1.29 is 13.0 Å². The Kier molecular flexibility index (Phi) is 5.61. The van der Waals surface area contributed by atoms with E-state index in [1.54, 1.807) is 6.07 Å². The van der Waals surface area contributed by atoms with E-state index in [1.807, 2.05) is 67.6 Å². The number of aryl methyl sites for hydroxylation is 1. The number of unbranched alkanes of at least 4 members (excludes halogenated alkanes) is 1. The molecule has 0 aliphatic carbocycles. The van der Waals surface area contributed by atoms with Gasteiger partial charge in [-0.15, -0.1) is 0 Å². The molecule has 0 spiro atoms. The topological polar surface area (TPSA) is 80.2 Å². The molecule has 0 bridgehead atoms. The maximum Gasteiger partial charge on any atom is 0.294 e. The Labute approximate surface area is 176 Å². The monoisotopic (exact) mass is 418 g/mol. The number of aromatic nitrogens is 2. The van der Waals surface area contributed by atoms with Crippen molar-refractivity contribution in [2.75, 3.05) is 0 Å². The summed E-state index contributed by atoms with van der Waals surface area (Å²) in [4.78, 5) is 9.69. The first-order chi connectivity index (χ1) is 14.5. The van der Waals surface area contributed by atoms with Gasteiger partial charge in [-0.2, -0.15) is 8.42 Å². The van der Waals surface area contributed by atoms with Gasteiger partial charge >= 0.3 is 0 Å². The van der Waals surface area contributed by atoms with Gasteiger partial charge in [0.15, 0.2) is 0 Å². The lowest BCUT2D eigenvalue weighted by atomic mass is 10.0.